The molecule has 1 aliphatic rings. The van der Waals surface area contributed by atoms with Gasteiger partial charge in [0.05, 0.1) is 0 Å². The number of anilines is 1. The number of hydrogen-bond acceptors (Lipinski definition) is 2. The maximum Gasteiger partial charge on any atom is 0.0488 e. The molecule has 2 aromatic carbocycles. The Kier molecular flexibility index (Phi) is 5.17. The van der Waals surface area contributed by atoms with Crippen molar-refractivity contribution in [1.82, 2.24) is 4.90 Å². The highest BCUT2D eigenvalue weighted by Crippen LogP contribution is 2.33. The highest BCUT2D eigenvalue weighted by molar-refractivity contribution is 5.49. The summed E-state index contributed by atoms with van der Waals surface area (Å²) in [6.07, 6.45) is 6.96. The molecule has 0 amide bonds. The molecule has 0 bridgehead atoms. The van der Waals surface area contributed by atoms with E-state index in [-0.39, 0.29) is 6.04 Å². The fraction of sp³-hybridized carbons (Fsp3) is 0.273. The first-order valence-corrected chi connectivity index (χ1v) is 8.57. The molecule has 3 rings (SSSR count). The number of nitrogens with zero attached hydrogens (tertiary/aromatic N) is 1. The molecule has 0 saturated heterocycles. The molecule has 2 aromatic rings. The number of nitrogens with one attached hydrogen (secondary N) is 1. The van der Waals surface area contributed by atoms with E-state index in [0.717, 1.165) is 12.2 Å². The van der Waals surface area contributed by atoms with Gasteiger partial charge in [-0.15, -0.1) is 0 Å². The highest BCUT2D eigenvalue weighted by atomic mass is 15.0. The van der Waals surface area contributed by atoms with Crippen LogP contribution in [-0.4, -0.2) is 25.5 Å². The molecule has 124 valence electrons. The van der Waals surface area contributed by atoms with Crippen LogP contribution in [0.2, 0.25) is 0 Å². The van der Waals surface area contributed by atoms with Gasteiger partial charge in [0.2, 0.25) is 0 Å². The van der Waals surface area contributed by atoms with Gasteiger partial charge in [-0.1, -0.05) is 60.7 Å². The number of benzene rings is 2. The monoisotopic (exact) mass is 318 g/mol. The van der Waals surface area contributed by atoms with Gasteiger partial charge in [-0.05, 0) is 49.9 Å². The number of hydrogen-bond donors (Lipinski definition) is 1. The second kappa shape index (κ2) is 7.50. The Morgan fingerprint density at radius 3 is 2.46 bits per heavy atom. The molecular formula is C22H26N2. The fourth-order valence-electron chi connectivity index (χ4n) is 3.30. The number of likely N-dealkylation sites (N-methyl/N-ethyl adjacent to an activating group) is 1. The summed E-state index contributed by atoms with van der Waals surface area (Å²) in [4.78, 5) is 2.21. The first-order valence-electron chi connectivity index (χ1n) is 8.57. The van der Waals surface area contributed by atoms with Crippen molar-refractivity contribution in [2.45, 2.75) is 18.9 Å². The lowest BCUT2D eigenvalue weighted by atomic mass is 9.91. The van der Waals surface area contributed by atoms with Gasteiger partial charge in [0, 0.05) is 24.2 Å². The van der Waals surface area contributed by atoms with Gasteiger partial charge < -0.3 is 10.2 Å². The van der Waals surface area contributed by atoms with Gasteiger partial charge in [0.25, 0.3) is 0 Å². The Morgan fingerprint density at radius 2 is 1.71 bits per heavy atom. The van der Waals surface area contributed by atoms with E-state index in [2.05, 4.69) is 98.0 Å². The third-order valence-corrected chi connectivity index (χ3v) is 4.39. The topological polar surface area (TPSA) is 15.3 Å². The van der Waals surface area contributed by atoms with E-state index >= 15 is 0 Å². The standard InChI is InChI=1S/C22H26N2/c1-17(23-20-9-5-4-6-10-20)21-11-7-8-12-22(21)19-14-13-18(15-19)16-24(2)3/h4-15,17,19,23H,16H2,1-3H3. The SMILES string of the molecule is CC(Nc1ccccc1)c1ccccc1C1C=CC(CN(C)C)=C1. The second-order valence-corrected chi connectivity index (χ2v) is 6.73. The van der Waals surface area contributed by atoms with Crippen LogP contribution in [0.3, 0.4) is 0 Å². The van der Waals surface area contributed by atoms with Gasteiger partial charge in [0.15, 0.2) is 0 Å². The lowest BCUT2D eigenvalue weighted by molar-refractivity contribution is 0.449. The lowest BCUT2D eigenvalue weighted by Gasteiger charge is -2.21. The maximum absolute atomic E-state index is 3.61. The van der Waals surface area contributed by atoms with Gasteiger partial charge in [-0.3, -0.25) is 0 Å². The predicted octanol–water partition coefficient (Wildman–Crippen LogP) is 5.00. The molecule has 1 aliphatic carbocycles. The molecule has 0 radical (unpaired) electrons. The van der Waals surface area contributed by atoms with Crippen LogP contribution in [0.15, 0.2) is 78.4 Å². The zero-order valence-corrected chi connectivity index (χ0v) is 14.7. The minimum absolute atomic E-state index is 0.267. The van der Waals surface area contributed by atoms with E-state index in [0.29, 0.717) is 5.92 Å². The predicted molar refractivity (Wildman–Crippen MR) is 103 cm³/mol. The van der Waals surface area contributed by atoms with E-state index in [1.807, 2.05) is 6.07 Å². The molecule has 1 N–H and O–H groups in total. The van der Waals surface area contributed by atoms with Crippen molar-refractivity contribution in [1.29, 1.82) is 0 Å². The van der Waals surface area contributed by atoms with Crippen LogP contribution in [0.25, 0.3) is 0 Å². The van der Waals surface area contributed by atoms with E-state index in [9.17, 15) is 0 Å². The van der Waals surface area contributed by atoms with Crippen molar-refractivity contribution in [2.75, 3.05) is 26.0 Å². The molecule has 0 aromatic heterocycles. The van der Waals surface area contributed by atoms with Crippen molar-refractivity contribution in [3.63, 3.8) is 0 Å². The molecule has 2 atom stereocenters. The Bertz CT molecular complexity index is 729. The normalized spacial score (nSPS) is 17.8. The average Bonchev–Trinajstić information content (AvgIpc) is 3.03. The van der Waals surface area contributed by atoms with Crippen molar-refractivity contribution >= 4 is 5.69 Å². The van der Waals surface area contributed by atoms with Crippen LogP contribution in [0.4, 0.5) is 5.69 Å². The minimum Gasteiger partial charge on any atom is -0.379 e. The van der Waals surface area contributed by atoms with Crippen LogP contribution in [-0.2, 0) is 0 Å². The molecule has 0 spiro atoms. The summed E-state index contributed by atoms with van der Waals surface area (Å²) >= 11 is 0. The van der Waals surface area contributed by atoms with Gasteiger partial charge in [-0.25, -0.2) is 0 Å². The molecule has 0 aliphatic heterocycles. The van der Waals surface area contributed by atoms with Crippen molar-refractivity contribution < 1.29 is 0 Å². The zero-order valence-electron chi connectivity index (χ0n) is 14.7. The summed E-state index contributed by atoms with van der Waals surface area (Å²) in [5.74, 6) is 0.371. The third kappa shape index (κ3) is 3.95. The first kappa shape index (κ1) is 16.5. The Balaban J connectivity index is 1.81. The van der Waals surface area contributed by atoms with Crippen molar-refractivity contribution in [2.24, 2.45) is 0 Å². The van der Waals surface area contributed by atoms with Crippen LogP contribution in [0.5, 0.6) is 0 Å². The van der Waals surface area contributed by atoms with E-state index in [4.69, 9.17) is 0 Å². The smallest absolute Gasteiger partial charge is 0.0488 e. The highest BCUT2D eigenvalue weighted by Gasteiger charge is 2.18. The molecule has 0 saturated carbocycles. The minimum atomic E-state index is 0.267. The summed E-state index contributed by atoms with van der Waals surface area (Å²) in [6.45, 7) is 3.22. The number of allylic oxidation sites excluding steroid dienone is 2. The van der Waals surface area contributed by atoms with Crippen molar-refractivity contribution in [3.05, 3.63) is 89.5 Å². The molecule has 2 nitrogen and oxygen atoms in total. The van der Waals surface area contributed by atoms with E-state index in [1.54, 1.807) is 0 Å². The molecule has 0 fully saturated rings. The molecule has 2 unspecified atom stereocenters. The fourth-order valence-corrected chi connectivity index (χ4v) is 3.30. The van der Waals surface area contributed by atoms with Gasteiger partial charge >= 0.3 is 0 Å². The molecule has 24 heavy (non-hydrogen) atoms. The Labute approximate surface area is 145 Å². The molecule has 2 heteroatoms. The van der Waals surface area contributed by atoms with Crippen LogP contribution in [0.1, 0.15) is 30.0 Å². The quantitative estimate of drug-likeness (QED) is 0.806. The van der Waals surface area contributed by atoms with Crippen LogP contribution >= 0.6 is 0 Å². The maximum atomic E-state index is 3.61. The van der Waals surface area contributed by atoms with Crippen LogP contribution in [0, 0.1) is 0 Å². The Hall–Kier alpha value is -2.32. The second-order valence-electron chi connectivity index (χ2n) is 6.73. The lowest BCUT2D eigenvalue weighted by Crippen LogP contribution is -2.13. The van der Waals surface area contributed by atoms with E-state index < -0.39 is 0 Å². The first-order chi connectivity index (χ1) is 11.6. The summed E-state index contributed by atoms with van der Waals surface area (Å²) in [5, 5.41) is 3.61. The number of rotatable bonds is 6. The van der Waals surface area contributed by atoms with E-state index in [1.165, 1.54) is 16.7 Å². The summed E-state index contributed by atoms with van der Waals surface area (Å²) in [7, 11) is 4.23. The summed E-state index contributed by atoms with van der Waals surface area (Å²) < 4.78 is 0. The van der Waals surface area contributed by atoms with Crippen molar-refractivity contribution in [3.8, 4) is 0 Å². The third-order valence-electron chi connectivity index (χ3n) is 4.39. The average molecular weight is 318 g/mol. The Morgan fingerprint density at radius 1 is 1.00 bits per heavy atom. The summed E-state index contributed by atoms with van der Waals surface area (Å²) in [6, 6.07) is 19.4. The largest absolute Gasteiger partial charge is 0.379 e. The molecule has 0 heterocycles. The van der Waals surface area contributed by atoms with Gasteiger partial charge in [-0.2, -0.15) is 0 Å². The van der Waals surface area contributed by atoms with Crippen LogP contribution < -0.4 is 5.32 Å². The summed E-state index contributed by atoms with van der Waals surface area (Å²) in [5.41, 5.74) is 5.30. The molecular weight excluding hydrogens is 292 g/mol. The van der Waals surface area contributed by atoms with Gasteiger partial charge in [0.1, 0.15) is 0 Å². The number of para-hydroxylation sites is 1. The zero-order chi connectivity index (χ0) is 16.9.